The first-order valence-electron chi connectivity index (χ1n) is 5.57. The maximum Gasteiger partial charge on any atom is 0.337 e. The maximum atomic E-state index is 13.1. The second-order valence-corrected chi connectivity index (χ2v) is 3.98. The molecule has 2 N–H and O–H groups in total. The van der Waals surface area contributed by atoms with Crippen molar-refractivity contribution in [2.45, 2.75) is 0 Å². The average molecular weight is 302 g/mol. The number of anilines is 1. The summed E-state index contributed by atoms with van der Waals surface area (Å²) in [5.41, 5.74) is -1.04. The van der Waals surface area contributed by atoms with Gasteiger partial charge in [-0.3, -0.25) is 4.79 Å². The van der Waals surface area contributed by atoms with Crippen LogP contribution < -0.4 is 5.32 Å². The minimum atomic E-state index is -1.54. The molecule has 0 bridgehead atoms. The molecule has 0 fully saturated rings. The Kier molecular flexibility index (Phi) is 5.17. The number of carbonyl (C=O) groups excluding carboxylic acids is 2. The monoisotopic (exact) mass is 302 g/mol. The summed E-state index contributed by atoms with van der Waals surface area (Å²) in [6.45, 7) is -0.394. The van der Waals surface area contributed by atoms with Gasteiger partial charge in [0.2, 0.25) is 0 Å². The molecule has 0 aromatic heterocycles. The molecule has 1 rings (SSSR count). The molecule has 0 heterocycles. The van der Waals surface area contributed by atoms with E-state index in [1.54, 1.807) is 0 Å². The molecule has 0 spiro atoms. The van der Waals surface area contributed by atoms with Gasteiger partial charge in [0.05, 0.1) is 18.4 Å². The largest absolute Gasteiger partial charge is 0.478 e. The molecule has 0 saturated carbocycles. The highest BCUT2D eigenvalue weighted by molar-refractivity contribution is 6.00. The van der Waals surface area contributed by atoms with Crippen LogP contribution in [0.5, 0.6) is 0 Å². The Hall–Kier alpha value is -2.71. The summed E-state index contributed by atoms with van der Waals surface area (Å²) in [4.78, 5) is 34.6. The zero-order chi connectivity index (χ0) is 16.2. The number of halogens is 2. The standard InChI is InChI=1S/C12H12F2N2O5/c1-16(5-10(17)21-2)12(20)15-9-4-8(14)7(13)3-6(9)11(18)19/h3-4H,5H2,1-2H3,(H,15,20)(H,18,19). The summed E-state index contributed by atoms with van der Waals surface area (Å²) in [6, 6.07) is 0.116. The number of nitrogens with zero attached hydrogens (tertiary/aromatic N) is 1. The zero-order valence-corrected chi connectivity index (χ0v) is 11.1. The Labute approximate surface area is 118 Å². The summed E-state index contributed by atoms with van der Waals surface area (Å²) in [6.07, 6.45) is 0. The van der Waals surface area contributed by atoms with Crippen LogP contribution in [0, 0.1) is 11.6 Å². The van der Waals surface area contributed by atoms with E-state index in [0.29, 0.717) is 12.1 Å². The van der Waals surface area contributed by atoms with E-state index >= 15 is 0 Å². The van der Waals surface area contributed by atoms with Gasteiger partial charge < -0.3 is 20.1 Å². The number of carbonyl (C=O) groups is 3. The molecule has 0 radical (unpaired) electrons. The third-order valence-corrected chi connectivity index (χ3v) is 2.47. The minimum Gasteiger partial charge on any atom is -0.478 e. The van der Waals surface area contributed by atoms with E-state index in [2.05, 4.69) is 10.1 Å². The van der Waals surface area contributed by atoms with E-state index < -0.39 is 47.4 Å². The number of methoxy groups -OCH3 is 1. The highest BCUT2D eigenvalue weighted by atomic mass is 19.2. The molecule has 0 saturated heterocycles. The molecule has 9 heteroatoms. The second kappa shape index (κ2) is 6.64. The van der Waals surface area contributed by atoms with E-state index in [1.165, 1.54) is 7.05 Å². The number of esters is 1. The van der Waals surface area contributed by atoms with E-state index in [4.69, 9.17) is 5.11 Å². The van der Waals surface area contributed by atoms with Gasteiger partial charge in [-0.1, -0.05) is 0 Å². The molecular formula is C12H12F2N2O5. The number of urea groups is 1. The van der Waals surface area contributed by atoms with Crippen molar-refractivity contribution in [2.24, 2.45) is 0 Å². The van der Waals surface area contributed by atoms with Crippen LogP contribution in [0.4, 0.5) is 19.3 Å². The van der Waals surface area contributed by atoms with Gasteiger partial charge >= 0.3 is 18.0 Å². The summed E-state index contributed by atoms with van der Waals surface area (Å²) in [5.74, 6) is -4.91. The molecule has 21 heavy (non-hydrogen) atoms. The summed E-state index contributed by atoms with van der Waals surface area (Å²) in [7, 11) is 2.37. The van der Waals surface area contributed by atoms with Crippen molar-refractivity contribution < 1.29 is 33.0 Å². The topological polar surface area (TPSA) is 95.9 Å². The Bertz CT molecular complexity index is 591. The van der Waals surface area contributed by atoms with Gasteiger partial charge in [0.25, 0.3) is 0 Å². The number of aromatic carboxylic acids is 1. The number of hydrogen-bond donors (Lipinski definition) is 2. The molecule has 2 amide bonds. The van der Waals surface area contributed by atoms with Crippen LogP contribution >= 0.6 is 0 Å². The third-order valence-electron chi connectivity index (χ3n) is 2.47. The number of hydrogen-bond acceptors (Lipinski definition) is 4. The fourth-order valence-electron chi connectivity index (χ4n) is 1.37. The first kappa shape index (κ1) is 16.3. The lowest BCUT2D eigenvalue weighted by molar-refractivity contribution is -0.140. The van der Waals surface area contributed by atoms with E-state index in [1.807, 2.05) is 0 Å². The minimum absolute atomic E-state index is 0.394. The van der Waals surface area contributed by atoms with E-state index in [9.17, 15) is 23.2 Å². The van der Waals surface area contributed by atoms with Gasteiger partial charge in [0.1, 0.15) is 6.54 Å². The van der Waals surface area contributed by atoms with Crippen LogP contribution in [-0.4, -0.2) is 48.7 Å². The Morgan fingerprint density at radius 3 is 2.38 bits per heavy atom. The van der Waals surface area contributed by atoms with Crippen LogP contribution in [0.3, 0.4) is 0 Å². The van der Waals surface area contributed by atoms with Gasteiger partial charge in [-0.15, -0.1) is 0 Å². The Morgan fingerprint density at radius 2 is 1.86 bits per heavy atom. The van der Waals surface area contributed by atoms with Crippen LogP contribution in [0.15, 0.2) is 12.1 Å². The van der Waals surface area contributed by atoms with E-state index in [-0.39, 0.29) is 0 Å². The number of carboxylic acid groups (broad SMARTS) is 1. The quantitative estimate of drug-likeness (QED) is 0.817. The molecule has 0 atom stereocenters. The first-order chi connectivity index (χ1) is 9.76. The molecule has 1 aromatic carbocycles. The third kappa shape index (κ3) is 4.13. The molecule has 0 unspecified atom stereocenters. The molecule has 0 aliphatic carbocycles. The Balaban J connectivity index is 2.96. The molecule has 1 aromatic rings. The normalized spacial score (nSPS) is 9.90. The zero-order valence-electron chi connectivity index (χ0n) is 11.1. The highest BCUT2D eigenvalue weighted by Crippen LogP contribution is 2.20. The molecule has 0 aliphatic heterocycles. The fourth-order valence-corrected chi connectivity index (χ4v) is 1.37. The first-order valence-corrected chi connectivity index (χ1v) is 5.57. The smallest absolute Gasteiger partial charge is 0.337 e. The van der Waals surface area contributed by atoms with Gasteiger partial charge in [-0.05, 0) is 6.07 Å². The summed E-state index contributed by atoms with van der Waals surface area (Å²) >= 11 is 0. The van der Waals surface area contributed by atoms with Gasteiger partial charge in [-0.2, -0.15) is 0 Å². The lowest BCUT2D eigenvalue weighted by Crippen LogP contribution is -2.36. The summed E-state index contributed by atoms with van der Waals surface area (Å²) < 4.78 is 30.5. The fraction of sp³-hybridized carbons (Fsp3) is 0.250. The van der Waals surface area contributed by atoms with Crippen molar-refractivity contribution in [2.75, 3.05) is 26.0 Å². The number of ether oxygens (including phenoxy) is 1. The number of amides is 2. The number of carboxylic acids is 1. The van der Waals surface area contributed by atoms with Crippen molar-refractivity contribution in [1.29, 1.82) is 0 Å². The van der Waals surface area contributed by atoms with Gasteiger partial charge in [0.15, 0.2) is 11.6 Å². The van der Waals surface area contributed by atoms with Crippen molar-refractivity contribution in [3.05, 3.63) is 29.3 Å². The maximum absolute atomic E-state index is 13.1. The van der Waals surface area contributed by atoms with Crippen LogP contribution in [0.1, 0.15) is 10.4 Å². The SMILES string of the molecule is COC(=O)CN(C)C(=O)Nc1cc(F)c(F)cc1C(=O)O. The van der Waals surface area contributed by atoms with Crippen molar-refractivity contribution >= 4 is 23.7 Å². The Morgan fingerprint density at radius 1 is 1.29 bits per heavy atom. The van der Waals surface area contributed by atoms with Crippen LogP contribution in [-0.2, 0) is 9.53 Å². The number of rotatable bonds is 4. The number of likely N-dealkylation sites (N-methyl/N-ethyl adjacent to an activating group) is 1. The molecule has 114 valence electrons. The molecule has 0 aliphatic rings. The summed E-state index contributed by atoms with van der Waals surface area (Å²) in [5, 5.41) is 11.0. The molecule has 7 nitrogen and oxygen atoms in total. The number of nitrogens with one attached hydrogen (secondary N) is 1. The van der Waals surface area contributed by atoms with Crippen LogP contribution in [0.2, 0.25) is 0 Å². The number of benzene rings is 1. The predicted octanol–water partition coefficient (Wildman–Crippen LogP) is 1.30. The van der Waals surface area contributed by atoms with Gasteiger partial charge in [0, 0.05) is 13.1 Å². The van der Waals surface area contributed by atoms with Gasteiger partial charge in [-0.25, -0.2) is 18.4 Å². The predicted molar refractivity (Wildman–Crippen MR) is 67.0 cm³/mol. The van der Waals surface area contributed by atoms with Crippen molar-refractivity contribution in [3.63, 3.8) is 0 Å². The highest BCUT2D eigenvalue weighted by Gasteiger charge is 2.19. The lowest BCUT2D eigenvalue weighted by Gasteiger charge is -2.17. The molecular weight excluding hydrogens is 290 g/mol. The lowest BCUT2D eigenvalue weighted by atomic mass is 10.1. The van der Waals surface area contributed by atoms with Crippen molar-refractivity contribution in [3.8, 4) is 0 Å². The second-order valence-electron chi connectivity index (χ2n) is 3.98. The van der Waals surface area contributed by atoms with E-state index in [0.717, 1.165) is 12.0 Å². The van der Waals surface area contributed by atoms with Crippen LogP contribution in [0.25, 0.3) is 0 Å². The van der Waals surface area contributed by atoms with Crippen molar-refractivity contribution in [1.82, 2.24) is 4.90 Å². The average Bonchev–Trinajstić information content (AvgIpc) is 2.41.